The zero-order valence-corrected chi connectivity index (χ0v) is 8.90. The molecule has 0 aliphatic carbocycles. The monoisotopic (exact) mass is 206 g/mol. The Morgan fingerprint density at radius 1 is 1.60 bits per heavy atom. The zero-order valence-electron chi connectivity index (χ0n) is 8.90. The van der Waals surface area contributed by atoms with Crippen molar-refractivity contribution in [2.75, 3.05) is 18.5 Å². The predicted octanol–water partition coefficient (Wildman–Crippen LogP) is 1.79. The van der Waals surface area contributed by atoms with Crippen molar-refractivity contribution >= 4 is 11.7 Å². The third-order valence-electron chi connectivity index (χ3n) is 1.91. The first-order chi connectivity index (χ1) is 7.00. The minimum absolute atomic E-state index is 0.0578. The van der Waals surface area contributed by atoms with Crippen LogP contribution in [0.25, 0.3) is 0 Å². The second-order valence-corrected chi connectivity index (χ2v) is 3.52. The molecule has 1 rings (SSSR count). The number of carboxylic acid groups (broad SMARTS) is 1. The molecule has 0 aliphatic rings. The number of anilines is 1. The zero-order chi connectivity index (χ0) is 11.4. The Balaban J connectivity index is 2.79. The van der Waals surface area contributed by atoms with E-state index in [4.69, 9.17) is 5.11 Å². The second-order valence-electron chi connectivity index (χ2n) is 3.52. The number of pyridine rings is 1. The van der Waals surface area contributed by atoms with Gasteiger partial charge in [-0.3, -0.25) is 0 Å². The number of carboxylic acids is 1. The SMILES string of the molecule is C=C(C)CN(C)c1ccc(C(=O)O)nc1. The summed E-state index contributed by atoms with van der Waals surface area (Å²) in [7, 11) is 1.91. The number of likely N-dealkylation sites (N-methyl/N-ethyl adjacent to an activating group) is 1. The standard InChI is InChI=1S/C11H14N2O2/c1-8(2)7-13(3)9-4-5-10(11(14)15)12-6-9/h4-6H,1,7H2,2-3H3,(H,14,15). The van der Waals surface area contributed by atoms with E-state index in [1.165, 1.54) is 6.07 Å². The summed E-state index contributed by atoms with van der Waals surface area (Å²) in [5.74, 6) is -1.01. The minimum Gasteiger partial charge on any atom is -0.477 e. The van der Waals surface area contributed by atoms with E-state index >= 15 is 0 Å². The van der Waals surface area contributed by atoms with Crippen LogP contribution in [-0.4, -0.2) is 29.7 Å². The Morgan fingerprint density at radius 2 is 2.27 bits per heavy atom. The van der Waals surface area contributed by atoms with Gasteiger partial charge in [-0.2, -0.15) is 0 Å². The van der Waals surface area contributed by atoms with Crippen molar-refractivity contribution in [3.8, 4) is 0 Å². The van der Waals surface area contributed by atoms with E-state index in [2.05, 4.69) is 11.6 Å². The first kappa shape index (κ1) is 11.2. The van der Waals surface area contributed by atoms with Crippen molar-refractivity contribution in [1.82, 2.24) is 4.98 Å². The van der Waals surface area contributed by atoms with E-state index in [1.807, 2.05) is 18.9 Å². The molecule has 4 heteroatoms. The van der Waals surface area contributed by atoms with Crippen LogP contribution in [0.5, 0.6) is 0 Å². The Morgan fingerprint density at radius 3 is 2.67 bits per heavy atom. The lowest BCUT2D eigenvalue weighted by molar-refractivity contribution is 0.0690. The van der Waals surface area contributed by atoms with Crippen molar-refractivity contribution in [3.63, 3.8) is 0 Å². The van der Waals surface area contributed by atoms with Crippen molar-refractivity contribution in [1.29, 1.82) is 0 Å². The average Bonchev–Trinajstić information content (AvgIpc) is 2.17. The van der Waals surface area contributed by atoms with Crippen LogP contribution >= 0.6 is 0 Å². The maximum absolute atomic E-state index is 10.6. The molecule has 0 fully saturated rings. The predicted molar refractivity (Wildman–Crippen MR) is 59.3 cm³/mol. The maximum atomic E-state index is 10.6. The molecule has 1 heterocycles. The van der Waals surface area contributed by atoms with Gasteiger partial charge in [-0.05, 0) is 19.1 Å². The molecule has 0 unspecified atom stereocenters. The van der Waals surface area contributed by atoms with Crippen LogP contribution in [0.15, 0.2) is 30.5 Å². The molecule has 80 valence electrons. The molecule has 0 radical (unpaired) electrons. The van der Waals surface area contributed by atoms with Crippen molar-refractivity contribution in [2.45, 2.75) is 6.92 Å². The topological polar surface area (TPSA) is 53.4 Å². The van der Waals surface area contributed by atoms with Gasteiger partial charge < -0.3 is 10.0 Å². The van der Waals surface area contributed by atoms with E-state index in [0.29, 0.717) is 0 Å². The highest BCUT2D eigenvalue weighted by Gasteiger charge is 2.05. The fourth-order valence-electron chi connectivity index (χ4n) is 1.23. The number of aromatic carboxylic acids is 1. The number of nitrogens with zero attached hydrogens (tertiary/aromatic N) is 2. The van der Waals surface area contributed by atoms with Crippen molar-refractivity contribution in [2.24, 2.45) is 0 Å². The van der Waals surface area contributed by atoms with Gasteiger partial charge >= 0.3 is 5.97 Å². The van der Waals surface area contributed by atoms with Gasteiger partial charge in [-0.1, -0.05) is 12.2 Å². The summed E-state index contributed by atoms with van der Waals surface area (Å²) in [5.41, 5.74) is 1.98. The lowest BCUT2D eigenvalue weighted by atomic mass is 10.3. The molecular formula is C11H14N2O2. The molecule has 1 aromatic rings. The fourth-order valence-corrected chi connectivity index (χ4v) is 1.23. The van der Waals surface area contributed by atoms with E-state index in [0.717, 1.165) is 17.8 Å². The highest BCUT2D eigenvalue weighted by atomic mass is 16.4. The Kier molecular flexibility index (Phi) is 3.44. The number of hydrogen-bond acceptors (Lipinski definition) is 3. The quantitative estimate of drug-likeness (QED) is 0.763. The third-order valence-corrected chi connectivity index (χ3v) is 1.91. The number of carbonyl (C=O) groups is 1. The van der Waals surface area contributed by atoms with Crippen LogP contribution in [-0.2, 0) is 0 Å². The van der Waals surface area contributed by atoms with Crippen LogP contribution in [0.2, 0.25) is 0 Å². The minimum atomic E-state index is -1.01. The molecule has 0 aliphatic heterocycles. The summed E-state index contributed by atoms with van der Waals surface area (Å²) >= 11 is 0. The lowest BCUT2D eigenvalue weighted by Crippen LogP contribution is -2.19. The molecule has 15 heavy (non-hydrogen) atoms. The van der Waals surface area contributed by atoms with E-state index in [-0.39, 0.29) is 5.69 Å². The van der Waals surface area contributed by atoms with Crippen LogP contribution < -0.4 is 4.90 Å². The highest BCUT2D eigenvalue weighted by molar-refractivity contribution is 5.85. The molecule has 0 aromatic carbocycles. The maximum Gasteiger partial charge on any atom is 0.354 e. The number of rotatable bonds is 4. The molecule has 4 nitrogen and oxygen atoms in total. The number of aromatic nitrogens is 1. The Hall–Kier alpha value is -1.84. The van der Waals surface area contributed by atoms with Crippen molar-refractivity contribution < 1.29 is 9.90 Å². The molecule has 0 amide bonds. The van der Waals surface area contributed by atoms with Gasteiger partial charge in [0.1, 0.15) is 5.69 Å². The molecular weight excluding hydrogens is 192 g/mol. The molecule has 0 saturated carbocycles. The van der Waals surface area contributed by atoms with Gasteiger partial charge in [-0.15, -0.1) is 0 Å². The molecule has 1 N–H and O–H groups in total. The summed E-state index contributed by atoms with van der Waals surface area (Å²) in [5, 5.41) is 8.67. The lowest BCUT2D eigenvalue weighted by Gasteiger charge is -2.18. The normalized spacial score (nSPS) is 9.73. The highest BCUT2D eigenvalue weighted by Crippen LogP contribution is 2.12. The molecule has 0 spiro atoms. The number of hydrogen-bond donors (Lipinski definition) is 1. The molecule has 0 bridgehead atoms. The van der Waals surface area contributed by atoms with E-state index in [9.17, 15) is 4.79 Å². The summed E-state index contributed by atoms with van der Waals surface area (Å²) in [4.78, 5) is 16.4. The van der Waals surface area contributed by atoms with Crippen molar-refractivity contribution in [3.05, 3.63) is 36.2 Å². The van der Waals surface area contributed by atoms with Gasteiger partial charge in [0.15, 0.2) is 0 Å². The fraction of sp³-hybridized carbons (Fsp3) is 0.273. The molecule has 1 aromatic heterocycles. The van der Waals surface area contributed by atoms with Crippen LogP contribution in [0.4, 0.5) is 5.69 Å². The van der Waals surface area contributed by atoms with Crippen LogP contribution in [0.3, 0.4) is 0 Å². The smallest absolute Gasteiger partial charge is 0.354 e. The van der Waals surface area contributed by atoms with Gasteiger partial charge in [0.2, 0.25) is 0 Å². The molecule has 0 saturated heterocycles. The first-order valence-corrected chi connectivity index (χ1v) is 4.55. The largest absolute Gasteiger partial charge is 0.477 e. The third kappa shape index (κ3) is 3.09. The average molecular weight is 206 g/mol. The summed E-state index contributed by atoms with van der Waals surface area (Å²) in [6.07, 6.45) is 1.55. The van der Waals surface area contributed by atoms with Crippen LogP contribution in [0, 0.1) is 0 Å². The summed E-state index contributed by atoms with van der Waals surface area (Å²) in [6.45, 7) is 6.48. The summed E-state index contributed by atoms with van der Waals surface area (Å²) < 4.78 is 0. The van der Waals surface area contributed by atoms with Gasteiger partial charge in [0, 0.05) is 13.6 Å². The second kappa shape index (κ2) is 4.59. The van der Waals surface area contributed by atoms with E-state index in [1.54, 1.807) is 12.3 Å². The Labute approximate surface area is 88.9 Å². The van der Waals surface area contributed by atoms with Gasteiger partial charge in [0.05, 0.1) is 11.9 Å². The van der Waals surface area contributed by atoms with E-state index < -0.39 is 5.97 Å². The first-order valence-electron chi connectivity index (χ1n) is 4.55. The van der Waals surface area contributed by atoms with Crippen LogP contribution in [0.1, 0.15) is 17.4 Å². The van der Waals surface area contributed by atoms with Gasteiger partial charge in [0.25, 0.3) is 0 Å². The Bertz CT molecular complexity index is 371. The molecule has 0 atom stereocenters. The van der Waals surface area contributed by atoms with Gasteiger partial charge in [-0.25, -0.2) is 9.78 Å². The summed E-state index contributed by atoms with van der Waals surface area (Å²) in [6, 6.07) is 3.23.